The minimum absolute atomic E-state index is 0.0605. The summed E-state index contributed by atoms with van der Waals surface area (Å²) in [5, 5.41) is 13.4. The van der Waals surface area contributed by atoms with Crippen molar-refractivity contribution in [3.8, 4) is 0 Å². The van der Waals surface area contributed by atoms with E-state index in [4.69, 9.17) is 4.74 Å². The Balaban J connectivity index is 1.66. The van der Waals surface area contributed by atoms with Crippen LogP contribution >= 0.6 is 0 Å². The summed E-state index contributed by atoms with van der Waals surface area (Å²) in [5.41, 5.74) is 5.73. The summed E-state index contributed by atoms with van der Waals surface area (Å²) in [6, 6.07) is 17.8. The van der Waals surface area contributed by atoms with Crippen LogP contribution in [0.1, 0.15) is 41.1 Å². The second-order valence-electron chi connectivity index (χ2n) is 7.49. The molecule has 0 bridgehead atoms. The molecule has 1 saturated heterocycles. The first kappa shape index (κ1) is 16.8. The molecule has 25 heavy (non-hydrogen) atoms. The van der Waals surface area contributed by atoms with Gasteiger partial charge in [-0.25, -0.2) is 0 Å². The van der Waals surface area contributed by atoms with E-state index in [1.54, 1.807) is 0 Å². The zero-order valence-corrected chi connectivity index (χ0v) is 14.7. The molecule has 0 amide bonds. The number of rotatable bonds is 5. The third-order valence-electron chi connectivity index (χ3n) is 5.90. The van der Waals surface area contributed by atoms with Crippen molar-refractivity contribution < 1.29 is 9.84 Å². The van der Waals surface area contributed by atoms with Gasteiger partial charge in [0.2, 0.25) is 0 Å². The van der Waals surface area contributed by atoms with Gasteiger partial charge in [-0.3, -0.25) is 0 Å². The molecule has 1 aliphatic heterocycles. The van der Waals surface area contributed by atoms with Gasteiger partial charge in [-0.15, -0.1) is 0 Å². The molecule has 4 rings (SSSR count). The molecule has 2 aromatic carbocycles. The minimum atomic E-state index is 0.0605. The summed E-state index contributed by atoms with van der Waals surface area (Å²) in [4.78, 5) is 0. The molecule has 0 spiro atoms. The normalized spacial score (nSPS) is 23.1. The Labute approximate surface area is 150 Å². The molecule has 0 radical (unpaired) electrons. The fraction of sp³-hybridized carbons (Fsp3) is 0.455. The first-order chi connectivity index (χ1) is 12.3. The number of nitrogens with one attached hydrogen (secondary N) is 1. The molecule has 2 aromatic rings. The van der Waals surface area contributed by atoms with Crippen LogP contribution < -0.4 is 5.32 Å². The summed E-state index contributed by atoms with van der Waals surface area (Å²) < 4.78 is 5.67. The highest BCUT2D eigenvalue weighted by Gasteiger charge is 2.35. The summed E-state index contributed by atoms with van der Waals surface area (Å²) in [6.45, 7) is 2.65. The number of aliphatic hydroxyl groups is 1. The molecule has 1 aliphatic carbocycles. The van der Waals surface area contributed by atoms with Crippen molar-refractivity contribution in [2.75, 3.05) is 26.4 Å². The highest BCUT2D eigenvalue weighted by atomic mass is 16.5. The molecule has 2 aliphatic rings. The summed E-state index contributed by atoms with van der Waals surface area (Å²) in [6.07, 6.45) is 4.01. The maximum Gasteiger partial charge on any atom is 0.0582 e. The van der Waals surface area contributed by atoms with Gasteiger partial charge >= 0.3 is 0 Å². The van der Waals surface area contributed by atoms with Crippen molar-refractivity contribution in [3.05, 3.63) is 70.8 Å². The molecule has 1 fully saturated rings. The number of fused-ring (bicyclic) bond motifs is 2. The number of benzene rings is 2. The Morgan fingerprint density at radius 1 is 1.00 bits per heavy atom. The zero-order chi connectivity index (χ0) is 17.1. The Kier molecular flexibility index (Phi) is 4.89. The van der Waals surface area contributed by atoms with Gasteiger partial charge in [-0.1, -0.05) is 48.5 Å². The lowest BCUT2D eigenvalue weighted by Crippen LogP contribution is -2.38. The first-order valence-electron chi connectivity index (χ1n) is 9.39. The van der Waals surface area contributed by atoms with Crippen LogP contribution in [-0.2, 0) is 17.6 Å². The summed E-state index contributed by atoms with van der Waals surface area (Å²) in [5.74, 6) is 0. The molecular weight excluding hydrogens is 310 g/mol. The van der Waals surface area contributed by atoms with Crippen LogP contribution in [0.25, 0.3) is 0 Å². The van der Waals surface area contributed by atoms with Gasteiger partial charge in [-0.2, -0.15) is 0 Å². The predicted octanol–water partition coefficient (Wildman–Crippen LogP) is 3.25. The molecule has 1 heterocycles. The fourth-order valence-corrected chi connectivity index (χ4v) is 4.37. The van der Waals surface area contributed by atoms with Gasteiger partial charge in [0.1, 0.15) is 0 Å². The van der Waals surface area contributed by atoms with Crippen LogP contribution in [0.5, 0.6) is 0 Å². The molecule has 1 atom stereocenters. The van der Waals surface area contributed by atoms with Crippen LogP contribution in [0.15, 0.2) is 48.5 Å². The minimum Gasteiger partial charge on any atom is -0.396 e. The molecular formula is C22H27NO2. The van der Waals surface area contributed by atoms with E-state index in [-0.39, 0.29) is 18.1 Å². The highest BCUT2D eigenvalue weighted by molar-refractivity contribution is 5.44. The largest absolute Gasteiger partial charge is 0.396 e. The first-order valence-corrected chi connectivity index (χ1v) is 9.39. The van der Waals surface area contributed by atoms with Gasteiger partial charge in [0.25, 0.3) is 0 Å². The molecule has 1 unspecified atom stereocenters. The van der Waals surface area contributed by atoms with Crippen molar-refractivity contribution in [1.29, 1.82) is 0 Å². The van der Waals surface area contributed by atoms with E-state index in [0.29, 0.717) is 0 Å². The lowest BCUT2D eigenvalue weighted by atomic mass is 9.83. The summed E-state index contributed by atoms with van der Waals surface area (Å²) in [7, 11) is 0. The molecule has 0 saturated carbocycles. The highest BCUT2D eigenvalue weighted by Crippen LogP contribution is 2.36. The third-order valence-corrected chi connectivity index (χ3v) is 5.90. The standard InChI is InChI=1S/C22H27NO2/c24-13-11-22(12-14-25-16-22)15-23-21-19-7-3-1-5-17(19)9-10-18-6-2-4-8-20(18)21/h1-8,21,23-24H,9-16H2. The number of ether oxygens (including phenoxy) is 1. The smallest absolute Gasteiger partial charge is 0.0582 e. The third kappa shape index (κ3) is 3.37. The van der Waals surface area contributed by atoms with Gasteiger partial charge in [-0.05, 0) is 47.9 Å². The number of hydrogen-bond acceptors (Lipinski definition) is 3. The molecule has 0 aromatic heterocycles. The van der Waals surface area contributed by atoms with Gasteiger partial charge in [0.15, 0.2) is 0 Å². The number of aryl methyl sites for hydroxylation is 2. The van der Waals surface area contributed by atoms with Crippen LogP contribution in [0.3, 0.4) is 0 Å². The van der Waals surface area contributed by atoms with E-state index in [9.17, 15) is 5.11 Å². The molecule has 132 valence electrons. The summed E-state index contributed by atoms with van der Waals surface area (Å²) >= 11 is 0. The number of aliphatic hydroxyl groups excluding tert-OH is 1. The Hall–Kier alpha value is -1.68. The van der Waals surface area contributed by atoms with E-state index in [0.717, 1.165) is 45.4 Å². The van der Waals surface area contributed by atoms with E-state index in [2.05, 4.69) is 53.8 Å². The SMILES string of the molecule is OCCC1(CNC2c3ccccc3CCc3ccccc32)CCOC1. The van der Waals surface area contributed by atoms with Crippen molar-refractivity contribution in [2.24, 2.45) is 5.41 Å². The van der Waals surface area contributed by atoms with Gasteiger partial charge in [0, 0.05) is 25.2 Å². The van der Waals surface area contributed by atoms with Gasteiger partial charge in [0.05, 0.1) is 12.6 Å². The second kappa shape index (κ2) is 7.28. The van der Waals surface area contributed by atoms with E-state index in [1.807, 2.05) is 0 Å². The average Bonchev–Trinajstić information content (AvgIpc) is 3.04. The number of hydrogen-bond donors (Lipinski definition) is 2. The van der Waals surface area contributed by atoms with E-state index in [1.165, 1.54) is 22.3 Å². The Morgan fingerprint density at radius 3 is 2.20 bits per heavy atom. The van der Waals surface area contributed by atoms with Crippen LogP contribution in [0.4, 0.5) is 0 Å². The molecule has 2 N–H and O–H groups in total. The van der Waals surface area contributed by atoms with Crippen LogP contribution in [0, 0.1) is 5.41 Å². The monoisotopic (exact) mass is 337 g/mol. The lowest BCUT2D eigenvalue weighted by Gasteiger charge is -2.31. The van der Waals surface area contributed by atoms with Crippen molar-refractivity contribution in [3.63, 3.8) is 0 Å². The quantitative estimate of drug-likeness (QED) is 0.880. The Morgan fingerprint density at radius 2 is 1.64 bits per heavy atom. The maximum absolute atomic E-state index is 9.51. The van der Waals surface area contributed by atoms with Crippen molar-refractivity contribution in [2.45, 2.75) is 31.7 Å². The Bertz CT molecular complexity index is 674. The lowest BCUT2D eigenvalue weighted by molar-refractivity contribution is 0.123. The maximum atomic E-state index is 9.51. The average molecular weight is 337 g/mol. The zero-order valence-electron chi connectivity index (χ0n) is 14.7. The van der Waals surface area contributed by atoms with Gasteiger partial charge < -0.3 is 15.2 Å². The predicted molar refractivity (Wildman–Crippen MR) is 99.7 cm³/mol. The molecule has 3 nitrogen and oxygen atoms in total. The second-order valence-corrected chi connectivity index (χ2v) is 7.49. The fourth-order valence-electron chi connectivity index (χ4n) is 4.37. The van der Waals surface area contributed by atoms with Crippen molar-refractivity contribution >= 4 is 0 Å². The topological polar surface area (TPSA) is 41.5 Å². The molecule has 3 heteroatoms. The van der Waals surface area contributed by atoms with Crippen LogP contribution in [0.2, 0.25) is 0 Å². The van der Waals surface area contributed by atoms with Crippen LogP contribution in [-0.4, -0.2) is 31.5 Å². The van der Waals surface area contributed by atoms with E-state index < -0.39 is 0 Å². The van der Waals surface area contributed by atoms with Crippen molar-refractivity contribution in [1.82, 2.24) is 5.32 Å². The van der Waals surface area contributed by atoms with E-state index >= 15 is 0 Å².